The molecule has 0 radical (unpaired) electrons. The van der Waals surface area contributed by atoms with Crippen LogP contribution in [0.4, 0.5) is 0 Å². The van der Waals surface area contributed by atoms with Crippen LogP contribution in [-0.4, -0.2) is 43.6 Å². The summed E-state index contributed by atoms with van der Waals surface area (Å²) in [6.45, 7) is 7.76. The van der Waals surface area contributed by atoms with E-state index in [-0.39, 0.29) is 12.5 Å². The molecule has 0 aliphatic heterocycles. The van der Waals surface area contributed by atoms with Gasteiger partial charge in [-0.05, 0) is 24.7 Å². The Morgan fingerprint density at radius 3 is 2.38 bits per heavy atom. The fourth-order valence-corrected chi connectivity index (χ4v) is 2.54. The molecule has 0 aliphatic rings. The van der Waals surface area contributed by atoms with Crippen molar-refractivity contribution in [2.75, 3.05) is 32.8 Å². The SMILES string of the molecule is CCN(CC)CCNC(=O)COc1ccccc1-c1ccccc1. The van der Waals surface area contributed by atoms with Gasteiger partial charge in [-0.2, -0.15) is 0 Å². The number of carbonyl (C=O) groups excluding carboxylic acids is 1. The third-order valence-corrected chi connectivity index (χ3v) is 3.98. The minimum Gasteiger partial charge on any atom is -0.483 e. The zero-order valence-electron chi connectivity index (χ0n) is 14.5. The van der Waals surface area contributed by atoms with Gasteiger partial charge in [0, 0.05) is 18.7 Å². The third kappa shape index (κ3) is 5.39. The van der Waals surface area contributed by atoms with Gasteiger partial charge in [-0.25, -0.2) is 0 Å². The largest absolute Gasteiger partial charge is 0.483 e. The molecule has 0 spiro atoms. The van der Waals surface area contributed by atoms with Gasteiger partial charge in [-0.15, -0.1) is 0 Å². The Hall–Kier alpha value is -2.33. The van der Waals surface area contributed by atoms with Crippen molar-refractivity contribution in [2.24, 2.45) is 0 Å². The number of amides is 1. The maximum atomic E-state index is 12.0. The number of carbonyl (C=O) groups is 1. The molecule has 0 saturated heterocycles. The fraction of sp³-hybridized carbons (Fsp3) is 0.350. The molecule has 2 aromatic rings. The second kappa shape index (κ2) is 9.73. The summed E-state index contributed by atoms with van der Waals surface area (Å²) in [5.41, 5.74) is 2.07. The quantitative estimate of drug-likeness (QED) is 0.769. The van der Waals surface area contributed by atoms with Crippen molar-refractivity contribution < 1.29 is 9.53 Å². The van der Waals surface area contributed by atoms with Gasteiger partial charge in [0.15, 0.2) is 6.61 Å². The van der Waals surface area contributed by atoms with Crippen molar-refractivity contribution in [1.82, 2.24) is 10.2 Å². The van der Waals surface area contributed by atoms with Crippen LogP contribution in [0.25, 0.3) is 11.1 Å². The number of para-hydroxylation sites is 1. The summed E-state index contributed by atoms with van der Waals surface area (Å²) < 4.78 is 5.74. The highest BCUT2D eigenvalue weighted by molar-refractivity contribution is 5.78. The van der Waals surface area contributed by atoms with Crippen LogP contribution in [0.15, 0.2) is 54.6 Å². The minimum absolute atomic E-state index is 0.0299. The van der Waals surface area contributed by atoms with Gasteiger partial charge in [-0.3, -0.25) is 4.79 Å². The molecule has 128 valence electrons. The summed E-state index contributed by atoms with van der Waals surface area (Å²) >= 11 is 0. The molecule has 0 saturated carbocycles. The van der Waals surface area contributed by atoms with Crippen LogP contribution in [-0.2, 0) is 4.79 Å². The van der Waals surface area contributed by atoms with E-state index in [1.54, 1.807) is 0 Å². The normalized spacial score (nSPS) is 10.6. The number of ether oxygens (including phenoxy) is 1. The van der Waals surface area contributed by atoms with E-state index in [2.05, 4.69) is 24.1 Å². The first kappa shape index (κ1) is 18.0. The van der Waals surface area contributed by atoms with Gasteiger partial charge in [-0.1, -0.05) is 62.4 Å². The van der Waals surface area contributed by atoms with Crippen molar-refractivity contribution in [1.29, 1.82) is 0 Å². The smallest absolute Gasteiger partial charge is 0.257 e. The van der Waals surface area contributed by atoms with E-state index in [0.717, 1.165) is 36.5 Å². The molecule has 0 aliphatic carbocycles. The number of benzene rings is 2. The minimum atomic E-state index is -0.0926. The second-order valence-corrected chi connectivity index (χ2v) is 5.53. The Kier molecular flexibility index (Phi) is 7.30. The fourth-order valence-electron chi connectivity index (χ4n) is 2.54. The lowest BCUT2D eigenvalue weighted by Gasteiger charge is -2.18. The van der Waals surface area contributed by atoms with E-state index < -0.39 is 0 Å². The first-order valence-corrected chi connectivity index (χ1v) is 8.50. The molecule has 2 aromatic carbocycles. The molecule has 1 amide bonds. The van der Waals surface area contributed by atoms with Crippen molar-refractivity contribution in [3.63, 3.8) is 0 Å². The zero-order chi connectivity index (χ0) is 17.2. The molecule has 1 N–H and O–H groups in total. The summed E-state index contributed by atoms with van der Waals surface area (Å²) in [5.74, 6) is 0.632. The highest BCUT2D eigenvalue weighted by Crippen LogP contribution is 2.29. The highest BCUT2D eigenvalue weighted by atomic mass is 16.5. The molecule has 24 heavy (non-hydrogen) atoms. The van der Waals surface area contributed by atoms with Gasteiger partial charge in [0.2, 0.25) is 0 Å². The summed E-state index contributed by atoms with van der Waals surface area (Å²) in [6.07, 6.45) is 0. The topological polar surface area (TPSA) is 41.6 Å². The van der Waals surface area contributed by atoms with Crippen LogP contribution in [0, 0.1) is 0 Å². The van der Waals surface area contributed by atoms with Gasteiger partial charge in [0.25, 0.3) is 5.91 Å². The lowest BCUT2D eigenvalue weighted by atomic mass is 10.1. The van der Waals surface area contributed by atoms with E-state index in [1.807, 2.05) is 54.6 Å². The van der Waals surface area contributed by atoms with E-state index in [0.29, 0.717) is 6.54 Å². The number of rotatable bonds is 9. The van der Waals surface area contributed by atoms with Gasteiger partial charge in [0.05, 0.1) is 0 Å². The number of nitrogens with one attached hydrogen (secondary N) is 1. The van der Waals surface area contributed by atoms with Crippen molar-refractivity contribution in [3.8, 4) is 16.9 Å². The Balaban J connectivity index is 1.87. The van der Waals surface area contributed by atoms with Crippen molar-refractivity contribution in [3.05, 3.63) is 54.6 Å². The third-order valence-electron chi connectivity index (χ3n) is 3.98. The van der Waals surface area contributed by atoms with E-state index >= 15 is 0 Å². The summed E-state index contributed by atoms with van der Waals surface area (Å²) in [4.78, 5) is 14.2. The molecule has 4 nitrogen and oxygen atoms in total. The van der Waals surface area contributed by atoms with E-state index in [1.165, 1.54) is 0 Å². The predicted molar refractivity (Wildman–Crippen MR) is 98.2 cm³/mol. The first-order valence-electron chi connectivity index (χ1n) is 8.50. The van der Waals surface area contributed by atoms with Gasteiger partial charge in [0.1, 0.15) is 5.75 Å². The van der Waals surface area contributed by atoms with Crippen LogP contribution in [0.5, 0.6) is 5.75 Å². The van der Waals surface area contributed by atoms with Crippen molar-refractivity contribution in [2.45, 2.75) is 13.8 Å². The van der Waals surface area contributed by atoms with Crippen molar-refractivity contribution >= 4 is 5.91 Å². The summed E-state index contributed by atoms with van der Waals surface area (Å²) in [7, 11) is 0. The molecular formula is C20H26N2O2. The van der Waals surface area contributed by atoms with Crippen LogP contribution in [0.1, 0.15) is 13.8 Å². The number of nitrogens with zero attached hydrogens (tertiary/aromatic N) is 1. The van der Waals surface area contributed by atoms with Gasteiger partial charge < -0.3 is 15.0 Å². The Morgan fingerprint density at radius 2 is 1.67 bits per heavy atom. The molecule has 0 heterocycles. The summed E-state index contributed by atoms with van der Waals surface area (Å²) in [5, 5.41) is 2.91. The molecular weight excluding hydrogens is 300 g/mol. The van der Waals surface area contributed by atoms with E-state index in [4.69, 9.17) is 4.74 Å². The maximum absolute atomic E-state index is 12.0. The second-order valence-electron chi connectivity index (χ2n) is 5.53. The van der Waals surface area contributed by atoms with Crippen LogP contribution in [0.3, 0.4) is 0 Å². The molecule has 0 fully saturated rings. The first-order chi connectivity index (χ1) is 11.7. The van der Waals surface area contributed by atoms with Crippen LogP contribution >= 0.6 is 0 Å². The lowest BCUT2D eigenvalue weighted by Crippen LogP contribution is -2.36. The Bertz CT molecular complexity index is 625. The predicted octanol–water partition coefficient (Wildman–Crippen LogP) is 3.19. The lowest BCUT2D eigenvalue weighted by molar-refractivity contribution is -0.123. The number of likely N-dealkylation sites (N-methyl/N-ethyl adjacent to an activating group) is 1. The van der Waals surface area contributed by atoms with Crippen LogP contribution < -0.4 is 10.1 Å². The average Bonchev–Trinajstić information content (AvgIpc) is 2.64. The van der Waals surface area contributed by atoms with E-state index in [9.17, 15) is 4.79 Å². The molecule has 4 heteroatoms. The van der Waals surface area contributed by atoms with Crippen LogP contribution in [0.2, 0.25) is 0 Å². The molecule has 2 rings (SSSR count). The Labute approximate surface area is 144 Å². The highest BCUT2D eigenvalue weighted by Gasteiger charge is 2.08. The Morgan fingerprint density at radius 1 is 1.00 bits per heavy atom. The number of hydrogen-bond donors (Lipinski definition) is 1. The molecule has 0 aromatic heterocycles. The maximum Gasteiger partial charge on any atom is 0.257 e. The monoisotopic (exact) mass is 326 g/mol. The van der Waals surface area contributed by atoms with Gasteiger partial charge >= 0.3 is 0 Å². The molecule has 0 unspecified atom stereocenters. The summed E-state index contributed by atoms with van der Waals surface area (Å²) in [6, 6.07) is 17.8. The molecule has 0 atom stereocenters. The number of hydrogen-bond acceptors (Lipinski definition) is 3. The standard InChI is InChI=1S/C20H26N2O2/c1-3-22(4-2)15-14-21-20(23)16-24-19-13-9-8-12-18(19)17-10-6-5-7-11-17/h5-13H,3-4,14-16H2,1-2H3,(H,21,23). The average molecular weight is 326 g/mol. The zero-order valence-corrected chi connectivity index (χ0v) is 14.5. The molecule has 0 bridgehead atoms.